The number of ether oxygens (including phenoxy) is 2. The van der Waals surface area contributed by atoms with Gasteiger partial charge in [0.2, 0.25) is 0 Å². The molecule has 5 heterocycles. The Morgan fingerprint density at radius 2 is 1.91 bits per heavy atom. The number of benzene rings is 1. The van der Waals surface area contributed by atoms with Crippen LogP contribution in [0.2, 0.25) is 25.7 Å². The average molecular weight is 605 g/mol. The van der Waals surface area contributed by atoms with Crippen molar-refractivity contribution in [3.8, 4) is 22.5 Å². The molecule has 0 N–H and O–H groups in total. The van der Waals surface area contributed by atoms with Crippen molar-refractivity contribution in [3.05, 3.63) is 78.1 Å². The third-order valence-corrected chi connectivity index (χ3v) is 8.78. The Hall–Kier alpha value is -4.56. The fourth-order valence-electron chi connectivity index (χ4n) is 4.75. The number of anilines is 1. The molecule has 222 valence electrons. The molecule has 0 radical (unpaired) electrons. The largest absolute Gasteiger partial charge is 0.446 e. The standard InChI is InChI=1S/C29H30F2N8O3Si/c1-18-5-8-22(30)26(34-18)24-15-42-29(40)39(24)25-9-10-38-28(35-25)21(14-33-38)19-6-7-20(23(31)13-19)27-32-16-37(36-27)17-41-11-12-43(2,3)4/h5-10,13-14,16,24H,11-12,15,17H2,1-4H3/t24-/m1/s1. The van der Waals surface area contributed by atoms with Gasteiger partial charge in [-0.15, -0.1) is 5.10 Å². The molecule has 0 saturated carbocycles. The highest BCUT2D eigenvalue weighted by Gasteiger charge is 2.39. The summed E-state index contributed by atoms with van der Waals surface area (Å²) in [7, 11) is -1.20. The van der Waals surface area contributed by atoms with E-state index in [-0.39, 0.29) is 36.2 Å². The van der Waals surface area contributed by atoms with Gasteiger partial charge in [-0.3, -0.25) is 4.98 Å². The number of aryl methyl sites for hydroxylation is 1. The Morgan fingerprint density at radius 1 is 1.07 bits per heavy atom. The number of carbonyl (C=O) groups excluding carboxylic acids is 1. The van der Waals surface area contributed by atoms with E-state index in [4.69, 9.17) is 9.47 Å². The first-order valence-corrected chi connectivity index (χ1v) is 17.5. The Balaban J connectivity index is 1.26. The summed E-state index contributed by atoms with van der Waals surface area (Å²) in [5, 5.41) is 8.70. The maximum absolute atomic E-state index is 15.4. The molecule has 5 aromatic rings. The lowest BCUT2D eigenvalue weighted by Gasteiger charge is -2.20. The first-order chi connectivity index (χ1) is 20.6. The van der Waals surface area contributed by atoms with Crippen molar-refractivity contribution in [2.45, 2.75) is 45.4 Å². The Kier molecular flexibility index (Phi) is 7.48. The fourth-order valence-corrected chi connectivity index (χ4v) is 5.50. The lowest BCUT2D eigenvalue weighted by Crippen LogP contribution is -2.29. The summed E-state index contributed by atoms with van der Waals surface area (Å²) in [4.78, 5) is 27.2. The van der Waals surface area contributed by atoms with Crippen LogP contribution in [0.4, 0.5) is 19.4 Å². The number of hydrogen-bond acceptors (Lipinski definition) is 8. The van der Waals surface area contributed by atoms with E-state index in [1.54, 1.807) is 48.3 Å². The molecule has 0 bridgehead atoms. The maximum atomic E-state index is 15.4. The van der Waals surface area contributed by atoms with Gasteiger partial charge < -0.3 is 9.47 Å². The van der Waals surface area contributed by atoms with E-state index >= 15 is 4.39 Å². The Bertz CT molecular complexity index is 1820. The summed E-state index contributed by atoms with van der Waals surface area (Å²) in [6, 6.07) is 9.38. The third-order valence-electron chi connectivity index (χ3n) is 7.08. The van der Waals surface area contributed by atoms with E-state index in [0.29, 0.717) is 29.1 Å². The molecule has 0 aliphatic carbocycles. The molecule has 4 aromatic heterocycles. The summed E-state index contributed by atoms with van der Waals surface area (Å²) in [5.74, 6) is -0.596. The summed E-state index contributed by atoms with van der Waals surface area (Å²) in [6.45, 7) is 9.39. The van der Waals surface area contributed by atoms with Crippen LogP contribution in [0.3, 0.4) is 0 Å². The smallest absolute Gasteiger partial charge is 0.416 e. The van der Waals surface area contributed by atoms with Crippen molar-refractivity contribution in [2.24, 2.45) is 0 Å². The van der Waals surface area contributed by atoms with Crippen LogP contribution in [0.5, 0.6) is 0 Å². The molecular weight excluding hydrogens is 574 g/mol. The second kappa shape index (κ2) is 11.3. The van der Waals surface area contributed by atoms with Gasteiger partial charge in [-0.25, -0.2) is 37.6 Å². The number of halogens is 2. The predicted octanol–water partition coefficient (Wildman–Crippen LogP) is 5.65. The summed E-state index contributed by atoms with van der Waals surface area (Å²) >= 11 is 0. The number of pyridine rings is 1. The molecule has 0 unspecified atom stereocenters. The van der Waals surface area contributed by atoms with Crippen molar-refractivity contribution in [3.63, 3.8) is 0 Å². The predicted molar refractivity (Wildman–Crippen MR) is 157 cm³/mol. The zero-order chi connectivity index (χ0) is 30.3. The molecule has 43 heavy (non-hydrogen) atoms. The number of rotatable bonds is 9. The van der Waals surface area contributed by atoms with Crippen LogP contribution in [-0.2, 0) is 16.2 Å². The van der Waals surface area contributed by atoms with E-state index in [1.165, 1.54) is 27.9 Å². The molecule has 1 atom stereocenters. The normalized spacial score (nSPS) is 15.4. The zero-order valence-electron chi connectivity index (χ0n) is 24.2. The minimum Gasteiger partial charge on any atom is -0.446 e. The van der Waals surface area contributed by atoms with Crippen LogP contribution < -0.4 is 4.90 Å². The molecule has 1 aromatic carbocycles. The van der Waals surface area contributed by atoms with E-state index < -0.39 is 31.8 Å². The van der Waals surface area contributed by atoms with Gasteiger partial charge in [-0.2, -0.15) is 5.10 Å². The van der Waals surface area contributed by atoms with Crippen molar-refractivity contribution < 1.29 is 23.0 Å². The lowest BCUT2D eigenvalue weighted by atomic mass is 10.1. The minimum atomic E-state index is -1.20. The van der Waals surface area contributed by atoms with E-state index in [1.807, 2.05) is 0 Å². The molecule has 1 saturated heterocycles. The van der Waals surface area contributed by atoms with Crippen LogP contribution in [0, 0.1) is 18.6 Å². The van der Waals surface area contributed by atoms with Gasteiger partial charge in [-0.05, 0) is 48.9 Å². The second-order valence-electron chi connectivity index (χ2n) is 11.5. The zero-order valence-corrected chi connectivity index (χ0v) is 25.2. The van der Waals surface area contributed by atoms with Crippen LogP contribution in [0.25, 0.3) is 28.2 Å². The van der Waals surface area contributed by atoms with Crippen LogP contribution in [-0.4, -0.2) is 61.7 Å². The van der Waals surface area contributed by atoms with Crippen molar-refractivity contribution in [1.82, 2.24) is 34.3 Å². The van der Waals surface area contributed by atoms with Crippen molar-refractivity contribution in [2.75, 3.05) is 18.1 Å². The molecule has 14 heteroatoms. The fraction of sp³-hybridized carbons (Fsp3) is 0.310. The molecule has 0 spiro atoms. The maximum Gasteiger partial charge on any atom is 0.416 e. The number of hydrogen-bond donors (Lipinski definition) is 0. The lowest BCUT2D eigenvalue weighted by molar-refractivity contribution is 0.0784. The summed E-state index contributed by atoms with van der Waals surface area (Å²) in [6.07, 6.45) is 4.03. The minimum absolute atomic E-state index is 0.0771. The van der Waals surface area contributed by atoms with E-state index in [0.717, 1.165) is 6.04 Å². The second-order valence-corrected chi connectivity index (χ2v) is 17.2. The monoisotopic (exact) mass is 604 g/mol. The Labute approximate surface area is 247 Å². The molecular formula is C29H30F2N8O3Si. The molecule has 1 aliphatic rings. The third kappa shape index (κ3) is 5.88. The van der Waals surface area contributed by atoms with Gasteiger partial charge in [0.1, 0.15) is 48.9 Å². The van der Waals surface area contributed by atoms with Gasteiger partial charge in [-0.1, -0.05) is 25.7 Å². The first kappa shape index (κ1) is 28.6. The van der Waals surface area contributed by atoms with Crippen LogP contribution >= 0.6 is 0 Å². The van der Waals surface area contributed by atoms with Gasteiger partial charge >= 0.3 is 6.09 Å². The number of aromatic nitrogens is 7. The molecule has 1 fully saturated rings. The van der Waals surface area contributed by atoms with Crippen molar-refractivity contribution in [1.29, 1.82) is 0 Å². The van der Waals surface area contributed by atoms with Crippen molar-refractivity contribution >= 4 is 25.6 Å². The number of amides is 1. The topological polar surface area (TPSA) is 113 Å². The summed E-state index contributed by atoms with van der Waals surface area (Å²) < 4.78 is 44.1. The number of nitrogens with zero attached hydrogens (tertiary/aromatic N) is 8. The summed E-state index contributed by atoms with van der Waals surface area (Å²) in [5.41, 5.74) is 2.36. The SMILES string of the molecule is Cc1ccc(F)c([C@H]2COC(=O)N2c2ccn3ncc(-c4ccc(-c5ncn(COCC[Si](C)(C)C)n5)c(F)c4)c3n2)n1. The molecule has 6 rings (SSSR count). The number of carbonyl (C=O) groups is 1. The highest BCUT2D eigenvalue weighted by atomic mass is 28.3. The van der Waals surface area contributed by atoms with Crippen LogP contribution in [0.1, 0.15) is 17.4 Å². The number of fused-ring (bicyclic) bond motifs is 1. The average Bonchev–Trinajstić information content (AvgIpc) is 3.70. The van der Waals surface area contributed by atoms with Gasteiger partial charge in [0.15, 0.2) is 11.5 Å². The first-order valence-electron chi connectivity index (χ1n) is 13.8. The van der Waals surface area contributed by atoms with E-state index in [9.17, 15) is 9.18 Å². The quantitative estimate of drug-likeness (QED) is 0.157. The Morgan fingerprint density at radius 3 is 2.70 bits per heavy atom. The van der Waals surface area contributed by atoms with Crippen LogP contribution in [0.15, 0.2) is 55.1 Å². The number of cyclic esters (lactones) is 1. The highest BCUT2D eigenvalue weighted by Crippen LogP contribution is 2.34. The van der Waals surface area contributed by atoms with Gasteiger partial charge in [0.05, 0.1) is 11.8 Å². The molecule has 1 aliphatic heterocycles. The van der Waals surface area contributed by atoms with E-state index in [2.05, 4.69) is 44.8 Å². The highest BCUT2D eigenvalue weighted by molar-refractivity contribution is 6.76. The molecule has 1 amide bonds. The van der Waals surface area contributed by atoms with Gasteiger partial charge in [0.25, 0.3) is 0 Å². The molecule has 11 nitrogen and oxygen atoms in total. The van der Waals surface area contributed by atoms with Gasteiger partial charge in [0, 0.05) is 32.1 Å².